The zero-order valence-corrected chi connectivity index (χ0v) is 31.2. The molecule has 0 aliphatic carbocycles. The van der Waals surface area contributed by atoms with Crippen LogP contribution in [0.1, 0.15) is 0 Å². The molecular weight excluding hydrogens is 709 g/mol. The van der Waals surface area contributed by atoms with Crippen LogP contribution in [0.5, 0.6) is 0 Å². The van der Waals surface area contributed by atoms with Crippen molar-refractivity contribution in [2.45, 2.75) is 0 Å². The third kappa shape index (κ3) is 4.15. The summed E-state index contributed by atoms with van der Waals surface area (Å²) in [5.74, 6) is 0.622. The number of fused-ring (bicyclic) bond motifs is 14. The van der Waals surface area contributed by atoms with Crippen LogP contribution in [0, 0.1) is 0 Å². The van der Waals surface area contributed by atoms with Crippen molar-refractivity contribution in [1.82, 2.24) is 28.2 Å². The third-order valence-corrected chi connectivity index (χ3v) is 12.0. The highest BCUT2D eigenvalue weighted by Gasteiger charge is 2.24. The molecule has 5 aromatic heterocycles. The highest BCUT2D eigenvalue weighted by molar-refractivity contribution is 6.25. The molecule has 0 N–H and O–H groups in total. The first kappa shape index (κ1) is 31.3. The van der Waals surface area contributed by atoms with Crippen LogP contribution in [-0.2, 0) is 0 Å². The molecule has 0 radical (unpaired) electrons. The van der Waals surface area contributed by atoms with Crippen molar-refractivity contribution < 1.29 is 0 Å². The first-order valence-corrected chi connectivity index (χ1v) is 19.7. The minimum atomic E-state index is 0.622. The molecule has 6 heteroatoms. The molecule has 0 unspecified atom stereocenters. The van der Waals surface area contributed by atoms with Crippen molar-refractivity contribution >= 4 is 87.2 Å². The number of rotatable bonds is 4. The van der Waals surface area contributed by atoms with Crippen LogP contribution in [0.3, 0.4) is 0 Å². The Balaban J connectivity index is 1.11. The summed E-state index contributed by atoms with van der Waals surface area (Å²) in [7, 11) is 0. The molecule has 5 heterocycles. The van der Waals surface area contributed by atoms with Crippen molar-refractivity contribution in [1.29, 1.82) is 0 Å². The summed E-state index contributed by atoms with van der Waals surface area (Å²) >= 11 is 0. The number of benzene rings is 8. The summed E-state index contributed by atoms with van der Waals surface area (Å²) in [6, 6.07) is 65.1. The van der Waals surface area contributed by atoms with Crippen LogP contribution in [0.2, 0.25) is 0 Å². The zero-order chi connectivity index (χ0) is 37.9. The first-order chi connectivity index (χ1) is 28.8. The summed E-state index contributed by atoms with van der Waals surface area (Å²) < 4.78 is 9.41. The maximum absolute atomic E-state index is 5.27. The van der Waals surface area contributed by atoms with Crippen LogP contribution >= 0.6 is 0 Å². The van der Waals surface area contributed by atoms with E-state index in [4.69, 9.17) is 9.97 Å². The van der Waals surface area contributed by atoms with Gasteiger partial charge in [0.1, 0.15) is 0 Å². The van der Waals surface area contributed by atoms with E-state index in [9.17, 15) is 0 Å². The number of aromatic nitrogens is 6. The summed E-state index contributed by atoms with van der Waals surface area (Å²) in [5, 5.41) is 9.52. The SMILES string of the molecule is c1ccc(-n2c3ccccc3c3ccc4c5ccccc5n(-c5cnc(-n6c7ccccc7c7ccc8c9ccccc9n(-c9ccccc9)c8c76)nc5)c4c32)cc1. The summed E-state index contributed by atoms with van der Waals surface area (Å²) in [6.07, 6.45) is 3.99. The molecule has 58 heavy (non-hydrogen) atoms. The van der Waals surface area contributed by atoms with E-state index in [1.54, 1.807) is 0 Å². The zero-order valence-electron chi connectivity index (χ0n) is 31.2. The third-order valence-electron chi connectivity index (χ3n) is 12.0. The second-order valence-electron chi connectivity index (χ2n) is 15.0. The minimum absolute atomic E-state index is 0.622. The average molecular weight is 741 g/mol. The van der Waals surface area contributed by atoms with E-state index in [-0.39, 0.29) is 0 Å². The van der Waals surface area contributed by atoms with Gasteiger partial charge in [-0.25, -0.2) is 9.97 Å². The molecule has 270 valence electrons. The first-order valence-electron chi connectivity index (χ1n) is 19.7. The Kier molecular flexibility index (Phi) is 6.35. The Hall–Kier alpha value is -7.96. The van der Waals surface area contributed by atoms with Gasteiger partial charge in [0.2, 0.25) is 5.95 Å². The highest BCUT2D eigenvalue weighted by Crippen LogP contribution is 2.43. The van der Waals surface area contributed by atoms with Gasteiger partial charge in [-0.2, -0.15) is 0 Å². The van der Waals surface area contributed by atoms with Gasteiger partial charge in [0.05, 0.1) is 62.2 Å². The Labute approximate surface area is 331 Å². The van der Waals surface area contributed by atoms with Gasteiger partial charge < -0.3 is 13.7 Å². The molecule has 0 fully saturated rings. The Morgan fingerprint density at radius 1 is 0.241 bits per heavy atom. The number of para-hydroxylation sites is 6. The molecule has 0 amide bonds. The largest absolute Gasteiger partial charge is 0.307 e. The molecule has 13 aromatic rings. The smallest absolute Gasteiger partial charge is 0.234 e. The van der Waals surface area contributed by atoms with Crippen LogP contribution in [0.25, 0.3) is 110 Å². The van der Waals surface area contributed by atoms with Crippen molar-refractivity contribution in [3.63, 3.8) is 0 Å². The van der Waals surface area contributed by atoms with Crippen molar-refractivity contribution in [2.24, 2.45) is 0 Å². The summed E-state index contributed by atoms with van der Waals surface area (Å²) in [4.78, 5) is 10.5. The van der Waals surface area contributed by atoms with E-state index >= 15 is 0 Å². The number of nitrogens with zero attached hydrogens (tertiary/aromatic N) is 6. The Morgan fingerprint density at radius 3 is 0.914 bits per heavy atom. The molecule has 0 aliphatic rings. The average Bonchev–Trinajstić information content (AvgIpc) is 4.02. The van der Waals surface area contributed by atoms with Gasteiger partial charge in [-0.15, -0.1) is 0 Å². The van der Waals surface area contributed by atoms with Gasteiger partial charge in [-0.1, -0.05) is 133 Å². The number of hydrogen-bond acceptors (Lipinski definition) is 2. The van der Waals surface area contributed by atoms with E-state index in [0.29, 0.717) is 5.95 Å². The van der Waals surface area contributed by atoms with Crippen LogP contribution in [0.4, 0.5) is 0 Å². The fraction of sp³-hybridized carbons (Fsp3) is 0. The van der Waals surface area contributed by atoms with Gasteiger partial charge in [-0.05, 0) is 48.5 Å². The molecule has 0 saturated carbocycles. The number of hydrogen-bond donors (Lipinski definition) is 0. The van der Waals surface area contributed by atoms with Crippen LogP contribution in [0.15, 0.2) is 194 Å². The second kappa shape index (κ2) is 11.8. The lowest BCUT2D eigenvalue weighted by Gasteiger charge is -2.13. The maximum atomic E-state index is 5.27. The molecule has 0 atom stereocenters. The van der Waals surface area contributed by atoms with Gasteiger partial charge in [0.15, 0.2) is 0 Å². The standard InChI is InChI=1S/C52H32N6/c1-3-15-33(16-4-1)55-44-23-11-7-19-36(44)40-27-28-41-38-21-9-13-25-46(38)57(49(41)48(40)55)35-31-53-52(54-32-35)58-47-26-14-10-22-39(47)43-30-29-42-37-20-8-12-24-45(37)56(50(42)51(43)58)34-17-5-2-6-18-34/h1-32H. The molecule has 8 aromatic carbocycles. The van der Waals surface area contributed by atoms with Crippen LogP contribution in [-0.4, -0.2) is 28.2 Å². The lowest BCUT2D eigenvalue weighted by molar-refractivity contribution is 0.967. The van der Waals surface area contributed by atoms with E-state index in [1.807, 2.05) is 12.4 Å². The van der Waals surface area contributed by atoms with E-state index in [0.717, 1.165) is 66.5 Å². The Morgan fingerprint density at radius 2 is 0.534 bits per heavy atom. The lowest BCUT2D eigenvalue weighted by Crippen LogP contribution is -2.05. The highest BCUT2D eigenvalue weighted by atomic mass is 15.2. The quantitative estimate of drug-likeness (QED) is 0.180. The maximum Gasteiger partial charge on any atom is 0.234 e. The van der Waals surface area contributed by atoms with Crippen molar-refractivity contribution in [3.05, 3.63) is 194 Å². The molecule has 13 rings (SSSR count). The molecule has 0 bridgehead atoms. The van der Waals surface area contributed by atoms with Crippen molar-refractivity contribution in [3.8, 4) is 23.0 Å². The molecule has 0 aliphatic heterocycles. The summed E-state index contributed by atoms with van der Waals surface area (Å²) in [5.41, 5.74) is 12.1. The predicted molar refractivity (Wildman–Crippen MR) is 239 cm³/mol. The summed E-state index contributed by atoms with van der Waals surface area (Å²) in [6.45, 7) is 0. The van der Waals surface area contributed by atoms with E-state index in [2.05, 4.69) is 200 Å². The predicted octanol–water partition coefficient (Wildman–Crippen LogP) is 12.9. The molecule has 0 saturated heterocycles. The van der Waals surface area contributed by atoms with Gasteiger partial charge in [-0.3, -0.25) is 4.57 Å². The van der Waals surface area contributed by atoms with Gasteiger partial charge in [0, 0.05) is 54.5 Å². The molecule has 6 nitrogen and oxygen atoms in total. The minimum Gasteiger partial charge on any atom is -0.307 e. The second-order valence-corrected chi connectivity index (χ2v) is 15.0. The fourth-order valence-electron chi connectivity index (χ4n) is 9.71. The topological polar surface area (TPSA) is 45.5 Å². The molecular formula is C52H32N6. The molecule has 0 spiro atoms. The Bertz CT molecular complexity index is 3520. The van der Waals surface area contributed by atoms with Gasteiger partial charge in [0.25, 0.3) is 0 Å². The monoisotopic (exact) mass is 740 g/mol. The fourth-order valence-corrected chi connectivity index (χ4v) is 9.71. The van der Waals surface area contributed by atoms with Crippen molar-refractivity contribution in [2.75, 3.05) is 0 Å². The lowest BCUT2D eigenvalue weighted by atomic mass is 10.1. The van der Waals surface area contributed by atoms with Crippen LogP contribution < -0.4 is 0 Å². The normalized spacial score (nSPS) is 12.1. The van der Waals surface area contributed by atoms with E-state index in [1.165, 1.54) is 37.8 Å². The van der Waals surface area contributed by atoms with Gasteiger partial charge >= 0.3 is 0 Å². The van der Waals surface area contributed by atoms with E-state index < -0.39 is 0 Å².